The van der Waals surface area contributed by atoms with Crippen molar-refractivity contribution in [2.45, 2.75) is 32.3 Å². The molecule has 0 aromatic rings. The molecule has 1 nitrogen and oxygen atoms in total. The molecular formula is C9H16O. The van der Waals surface area contributed by atoms with Crippen LogP contribution in [-0.4, -0.2) is 11.2 Å². The quantitative estimate of drug-likeness (QED) is 0.459. The average molecular weight is 140 g/mol. The Labute approximate surface area is 63.1 Å². The van der Waals surface area contributed by atoms with Gasteiger partial charge in [-0.1, -0.05) is 24.8 Å². The van der Waals surface area contributed by atoms with E-state index in [1.165, 1.54) is 0 Å². The molecule has 0 bridgehead atoms. The molecule has 0 heterocycles. The maximum atomic E-state index is 8.86. The van der Waals surface area contributed by atoms with E-state index in [1.807, 2.05) is 13.0 Å². The van der Waals surface area contributed by atoms with Gasteiger partial charge in [-0.2, -0.15) is 0 Å². The molecule has 1 heteroatoms. The third-order valence-electron chi connectivity index (χ3n) is 1.26. The van der Waals surface area contributed by atoms with Crippen LogP contribution in [0.4, 0.5) is 0 Å². The van der Waals surface area contributed by atoms with Crippen LogP contribution in [0.5, 0.6) is 0 Å². The second-order valence-electron chi connectivity index (χ2n) is 2.44. The number of hydrogen-bond donors (Lipinski definition) is 1. The third-order valence-corrected chi connectivity index (χ3v) is 1.26. The molecule has 0 saturated heterocycles. The van der Waals surface area contributed by atoms with Crippen molar-refractivity contribution in [3.63, 3.8) is 0 Å². The first-order valence-corrected chi connectivity index (χ1v) is 3.73. The molecule has 0 aromatic heterocycles. The van der Waals surface area contributed by atoms with Crippen LogP contribution in [0.1, 0.15) is 26.2 Å². The van der Waals surface area contributed by atoms with Gasteiger partial charge >= 0.3 is 0 Å². The summed E-state index contributed by atoms with van der Waals surface area (Å²) in [6.45, 7) is 5.37. The molecule has 0 fully saturated rings. The number of hydrogen-bond acceptors (Lipinski definition) is 1. The highest BCUT2D eigenvalue weighted by Crippen LogP contribution is 2.00. The van der Waals surface area contributed by atoms with E-state index in [4.69, 9.17) is 5.11 Å². The summed E-state index contributed by atoms with van der Waals surface area (Å²) < 4.78 is 0. The molecule has 0 rings (SSSR count). The second-order valence-corrected chi connectivity index (χ2v) is 2.44. The van der Waals surface area contributed by atoms with Gasteiger partial charge in [-0.3, -0.25) is 0 Å². The van der Waals surface area contributed by atoms with Crippen molar-refractivity contribution >= 4 is 0 Å². The minimum absolute atomic E-state index is 0.155. The van der Waals surface area contributed by atoms with Crippen LogP contribution in [-0.2, 0) is 0 Å². The van der Waals surface area contributed by atoms with Crippen LogP contribution in [0.3, 0.4) is 0 Å². The zero-order valence-corrected chi connectivity index (χ0v) is 6.59. The van der Waals surface area contributed by atoms with Gasteiger partial charge in [0.05, 0.1) is 6.10 Å². The maximum absolute atomic E-state index is 8.86. The van der Waals surface area contributed by atoms with Crippen LogP contribution in [0, 0.1) is 0 Å². The van der Waals surface area contributed by atoms with Crippen molar-refractivity contribution in [3.8, 4) is 0 Å². The van der Waals surface area contributed by atoms with E-state index in [0.717, 1.165) is 19.3 Å². The highest BCUT2D eigenvalue weighted by Gasteiger charge is 1.91. The van der Waals surface area contributed by atoms with Crippen LogP contribution < -0.4 is 0 Å². The molecule has 1 atom stereocenters. The Morgan fingerprint density at radius 2 is 2.30 bits per heavy atom. The first-order chi connectivity index (χ1) is 4.77. The summed E-state index contributed by atoms with van der Waals surface area (Å²) in [5, 5.41) is 8.86. The lowest BCUT2D eigenvalue weighted by Crippen LogP contribution is -1.97. The monoisotopic (exact) mass is 140 g/mol. The van der Waals surface area contributed by atoms with Gasteiger partial charge in [0.15, 0.2) is 0 Å². The van der Waals surface area contributed by atoms with Crippen LogP contribution in [0.15, 0.2) is 24.8 Å². The highest BCUT2D eigenvalue weighted by molar-refractivity contribution is 4.96. The van der Waals surface area contributed by atoms with Crippen molar-refractivity contribution in [3.05, 3.63) is 24.8 Å². The van der Waals surface area contributed by atoms with Gasteiger partial charge in [0, 0.05) is 0 Å². The molecule has 0 aromatic carbocycles. The Kier molecular flexibility index (Phi) is 6.19. The fraction of sp³-hybridized carbons (Fsp3) is 0.556. The number of unbranched alkanes of at least 4 members (excludes halogenated alkanes) is 1. The van der Waals surface area contributed by atoms with Crippen molar-refractivity contribution in [1.29, 1.82) is 0 Å². The van der Waals surface area contributed by atoms with E-state index in [1.54, 1.807) is 6.08 Å². The Hall–Kier alpha value is -0.560. The van der Waals surface area contributed by atoms with E-state index >= 15 is 0 Å². The van der Waals surface area contributed by atoms with Crippen LogP contribution in [0.25, 0.3) is 0 Å². The van der Waals surface area contributed by atoms with Gasteiger partial charge < -0.3 is 5.11 Å². The van der Waals surface area contributed by atoms with Gasteiger partial charge in [-0.15, -0.1) is 0 Å². The van der Waals surface area contributed by atoms with E-state index in [-0.39, 0.29) is 6.10 Å². The molecule has 0 unspecified atom stereocenters. The zero-order valence-electron chi connectivity index (χ0n) is 6.59. The Morgan fingerprint density at radius 1 is 1.60 bits per heavy atom. The van der Waals surface area contributed by atoms with Gasteiger partial charge in [0.1, 0.15) is 0 Å². The number of rotatable bonds is 5. The normalized spacial score (nSPS) is 13.8. The molecule has 0 saturated carbocycles. The smallest absolute Gasteiger partial charge is 0.0512 e. The molecule has 58 valence electrons. The Balaban J connectivity index is 3.04. The SMILES string of the molecule is C=C/C=C\CCC[C@@H](C)O. The van der Waals surface area contributed by atoms with E-state index in [0.29, 0.717) is 0 Å². The molecule has 0 spiro atoms. The molecule has 0 aliphatic carbocycles. The highest BCUT2D eigenvalue weighted by atomic mass is 16.3. The largest absolute Gasteiger partial charge is 0.393 e. The summed E-state index contributed by atoms with van der Waals surface area (Å²) in [5.41, 5.74) is 0. The summed E-state index contributed by atoms with van der Waals surface area (Å²) >= 11 is 0. The third kappa shape index (κ3) is 7.44. The Morgan fingerprint density at radius 3 is 2.80 bits per heavy atom. The summed E-state index contributed by atoms with van der Waals surface area (Å²) in [4.78, 5) is 0. The predicted molar refractivity (Wildman–Crippen MR) is 44.9 cm³/mol. The van der Waals surface area contributed by atoms with Crippen molar-refractivity contribution in [1.82, 2.24) is 0 Å². The van der Waals surface area contributed by atoms with Gasteiger partial charge in [0.2, 0.25) is 0 Å². The average Bonchev–Trinajstić information content (AvgIpc) is 1.87. The van der Waals surface area contributed by atoms with E-state index < -0.39 is 0 Å². The maximum Gasteiger partial charge on any atom is 0.0512 e. The predicted octanol–water partition coefficient (Wildman–Crippen LogP) is 2.28. The van der Waals surface area contributed by atoms with Gasteiger partial charge in [0.25, 0.3) is 0 Å². The van der Waals surface area contributed by atoms with E-state index in [9.17, 15) is 0 Å². The van der Waals surface area contributed by atoms with Gasteiger partial charge in [-0.25, -0.2) is 0 Å². The summed E-state index contributed by atoms with van der Waals surface area (Å²) in [6, 6.07) is 0. The lowest BCUT2D eigenvalue weighted by atomic mass is 10.2. The molecule has 1 N–H and O–H groups in total. The van der Waals surface area contributed by atoms with Crippen molar-refractivity contribution < 1.29 is 5.11 Å². The summed E-state index contributed by atoms with van der Waals surface area (Å²) in [5.74, 6) is 0. The van der Waals surface area contributed by atoms with Crippen LogP contribution in [0.2, 0.25) is 0 Å². The first kappa shape index (κ1) is 9.44. The van der Waals surface area contributed by atoms with Crippen LogP contribution >= 0.6 is 0 Å². The lowest BCUT2D eigenvalue weighted by Gasteiger charge is -1.99. The topological polar surface area (TPSA) is 20.2 Å². The van der Waals surface area contributed by atoms with Crippen molar-refractivity contribution in [2.75, 3.05) is 0 Å². The minimum atomic E-state index is -0.155. The fourth-order valence-electron chi connectivity index (χ4n) is 0.724. The molecule has 10 heavy (non-hydrogen) atoms. The molecular weight excluding hydrogens is 124 g/mol. The summed E-state index contributed by atoms with van der Waals surface area (Å²) in [7, 11) is 0. The molecule has 0 aliphatic rings. The molecule has 0 aliphatic heterocycles. The minimum Gasteiger partial charge on any atom is -0.393 e. The fourth-order valence-corrected chi connectivity index (χ4v) is 0.724. The second kappa shape index (κ2) is 6.56. The molecule has 0 radical (unpaired) electrons. The van der Waals surface area contributed by atoms with E-state index in [2.05, 4.69) is 12.7 Å². The number of allylic oxidation sites excluding steroid dienone is 3. The Bertz CT molecular complexity index is 103. The number of aliphatic hydroxyl groups is 1. The zero-order chi connectivity index (χ0) is 7.82. The lowest BCUT2D eigenvalue weighted by molar-refractivity contribution is 0.182. The summed E-state index contributed by atoms with van der Waals surface area (Å²) in [6.07, 6.45) is 8.59. The standard InChI is InChI=1S/C9H16O/c1-3-4-5-6-7-8-9(2)10/h3-5,9-10H,1,6-8H2,2H3/b5-4-/t9-/m1/s1. The number of aliphatic hydroxyl groups excluding tert-OH is 1. The molecule has 0 amide bonds. The first-order valence-electron chi connectivity index (χ1n) is 3.73. The van der Waals surface area contributed by atoms with Gasteiger partial charge in [-0.05, 0) is 26.2 Å². The van der Waals surface area contributed by atoms with Crippen molar-refractivity contribution in [2.24, 2.45) is 0 Å².